The lowest BCUT2D eigenvalue weighted by molar-refractivity contribution is 0.104. The quantitative estimate of drug-likeness (QED) is 0.455. The van der Waals surface area contributed by atoms with Crippen molar-refractivity contribution in [1.29, 1.82) is 0 Å². The van der Waals surface area contributed by atoms with Gasteiger partial charge in [-0.25, -0.2) is 0 Å². The number of hydrogen-bond donors (Lipinski definition) is 2. The summed E-state index contributed by atoms with van der Waals surface area (Å²) in [7, 11) is 4.48. The van der Waals surface area contributed by atoms with Crippen LogP contribution in [-0.2, 0) is 0 Å². The minimum absolute atomic E-state index is 0.107. The number of carbonyl (C=O) groups is 1. The van der Waals surface area contributed by atoms with Crippen molar-refractivity contribution in [1.82, 2.24) is 0 Å². The molecule has 0 unspecified atom stereocenters. The van der Waals surface area contributed by atoms with Gasteiger partial charge in [0.1, 0.15) is 5.75 Å². The fourth-order valence-corrected chi connectivity index (χ4v) is 2.29. The van der Waals surface area contributed by atoms with Crippen molar-refractivity contribution in [3.8, 4) is 23.0 Å². The molecule has 132 valence electrons. The maximum Gasteiger partial charge on any atom is 0.203 e. The molecule has 6 nitrogen and oxygen atoms in total. The van der Waals surface area contributed by atoms with E-state index in [-0.39, 0.29) is 11.5 Å². The minimum Gasteiger partial charge on any atom is -0.506 e. The number of aryl methyl sites for hydroxylation is 1. The van der Waals surface area contributed by atoms with Crippen LogP contribution in [0.1, 0.15) is 15.9 Å². The van der Waals surface area contributed by atoms with Crippen molar-refractivity contribution >= 4 is 11.5 Å². The summed E-state index contributed by atoms with van der Waals surface area (Å²) in [5.74, 6) is 1.09. The van der Waals surface area contributed by atoms with E-state index in [0.717, 1.165) is 5.56 Å². The average molecular weight is 343 g/mol. The number of nitrogens with one attached hydrogen (secondary N) is 1. The predicted molar refractivity (Wildman–Crippen MR) is 96.0 cm³/mol. The van der Waals surface area contributed by atoms with Crippen LogP contribution >= 0.6 is 0 Å². The van der Waals surface area contributed by atoms with Gasteiger partial charge in [0.15, 0.2) is 17.3 Å². The first-order valence-electron chi connectivity index (χ1n) is 7.57. The molecule has 2 rings (SSSR count). The minimum atomic E-state index is -0.251. The van der Waals surface area contributed by atoms with Gasteiger partial charge < -0.3 is 24.6 Å². The highest BCUT2D eigenvalue weighted by atomic mass is 16.5. The zero-order valence-electron chi connectivity index (χ0n) is 14.6. The summed E-state index contributed by atoms with van der Waals surface area (Å²) in [5, 5.41) is 12.7. The molecule has 6 heteroatoms. The molecule has 0 radical (unpaired) electrons. The van der Waals surface area contributed by atoms with Crippen LogP contribution in [0.15, 0.2) is 42.6 Å². The van der Waals surface area contributed by atoms with E-state index in [1.54, 1.807) is 30.3 Å². The van der Waals surface area contributed by atoms with Gasteiger partial charge in [-0.1, -0.05) is 6.07 Å². The van der Waals surface area contributed by atoms with Crippen molar-refractivity contribution in [3.05, 3.63) is 53.7 Å². The van der Waals surface area contributed by atoms with Crippen LogP contribution in [0.3, 0.4) is 0 Å². The summed E-state index contributed by atoms with van der Waals surface area (Å²) in [6, 6.07) is 8.33. The van der Waals surface area contributed by atoms with E-state index in [1.165, 1.54) is 33.6 Å². The third kappa shape index (κ3) is 4.23. The van der Waals surface area contributed by atoms with E-state index < -0.39 is 0 Å². The van der Waals surface area contributed by atoms with Crippen LogP contribution < -0.4 is 19.5 Å². The SMILES string of the molecule is COc1cc(C(=O)C=CNc2cc(C)ccc2O)cc(OC)c1OC. The van der Waals surface area contributed by atoms with E-state index in [4.69, 9.17) is 14.2 Å². The summed E-state index contributed by atoms with van der Waals surface area (Å²) in [6.45, 7) is 1.91. The molecule has 0 aliphatic rings. The lowest BCUT2D eigenvalue weighted by Gasteiger charge is -2.13. The number of allylic oxidation sites excluding steroid dienone is 1. The highest BCUT2D eigenvalue weighted by Gasteiger charge is 2.15. The first-order valence-corrected chi connectivity index (χ1v) is 7.57. The van der Waals surface area contributed by atoms with Gasteiger partial charge in [-0.15, -0.1) is 0 Å². The number of rotatable bonds is 7. The Bertz CT molecular complexity index is 773. The topological polar surface area (TPSA) is 77.0 Å². The number of hydrogen-bond acceptors (Lipinski definition) is 6. The Morgan fingerprint density at radius 2 is 1.68 bits per heavy atom. The number of ether oxygens (including phenoxy) is 3. The Morgan fingerprint density at radius 1 is 1.04 bits per heavy atom. The van der Waals surface area contributed by atoms with E-state index in [2.05, 4.69) is 5.32 Å². The van der Waals surface area contributed by atoms with Gasteiger partial charge in [0.25, 0.3) is 0 Å². The largest absolute Gasteiger partial charge is 0.506 e. The number of anilines is 1. The molecule has 0 bridgehead atoms. The van der Waals surface area contributed by atoms with Crippen LogP contribution in [0, 0.1) is 6.92 Å². The molecule has 0 aliphatic carbocycles. The van der Waals surface area contributed by atoms with E-state index >= 15 is 0 Å². The Kier molecular flexibility index (Phi) is 5.89. The Labute approximate surface area is 146 Å². The van der Waals surface area contributed by atoms with Gasteiger partial charge in [0.2, 0.25) is 5.75 Å². The Balaban J connectivity index is 2.21. The molecule has 0 saturated carbocycles. The van der Waals surface area contributed by atoms with E-state index in [0.29, 0.717) is 28.5 Å². The molecule has 2 aromatic rings. The number of benzene rings is 2. The lowest BCUT2D eigenvalue weighted by atomic mass is 10.1. The van der Waals surface area contributed by atoms with Gasteiger partial charge in [-0.2, -0.15) is 0 Å². The van der Waals surface area contributed by atoms with Gasteiger partial charge in [-0.3, -0.25) is 4.79 Å². The smallest absolute Gasteiger partial charge is 0.203 e. The molecule has 0 amide bonds. The number of ketones is 1. The molecule has 0 saturated heterocycles. The van der Waals surface area contributed by atoms with Gasteiger partial charge >= 0.3 is 0 Å². The van der Waals surface area contributed by atoms with Crippen LogP contribution in [0.25, 0.3) is 0 Å². The van der Waals surface area contributed by atoms with E-state index in [1.807, 2.05) is 6.92 Å². The summed E-state index contributed by atoms with van der Waals surface area (Å²) in [6.07, 6.45) is 2.84. The Hall–Kier alpha value is -3.15. The molecule has 25 heavy (non-hydrogen) atoms. The zero-order valence-corrected chi connectivity index (χ0v) is 14.6. The zero-order chi connectivity index (χ0) is 18.4. The molecule has 0 fully saturated rings. The maximum absolute atomic E-state index is 12.4. The fraction of sp³-hybridized carbons (Fsp3) is 0.211. The molecular weight excluding hydrogens is 322 g/mol. The van der Waals surface area contributed by atoms with Crippen molar-refractivity contribution in [2.45, 2.75) is 6.92 Å². The van der Waals surface area contributed by atoms with Crippen molar-refractivity contribution in [2.24, 2.45) is 0 Å². The van der Waals surface area contributed by atoms with Crippen LogP contribution in [-0.4, -0.2) is 32.2 Å². The molecule has 0 spiro atoms. The molecule has 2 aromatic carbocycles. The van der Waals surface area contributed by atoms with Crippen molar-refractivity contribution in [2.75, 3.05) is 26.6 Å². The third-order valence-electron chi connectivity index (χ3n) is 3.57. The predicted octanol–water partition coefficient (Wildman–Crippen LogP) is 3.53. The van der Waals surface area contributed by atoms with Gasteiger partial charge in [0.05, 0.1) is 27.0 Å². The Morgan fingerprint density at radius 3 is 2.24 bits per heavy atom. The second kappa shape index (κ2) is 8.10. The fourth-order valence-electron chi connectivity index (χ4n) is 2.29. The highest BCUT2D eigenvalue weighted by molar-refractivity contribution is 6.05. The molecule has 0 atom stereocenters. The summed E-state index contributed by atoms with van der Waals surface area (Å²) < 4.78 is 15.7. The molecule has 0 aromatic heterocycles. The first kappa shape index (κ1) is 18.2. The molecular formula is C19H21NO5. The second-order valence-electron chi connectivity index (χ2n) is 5.28. The summed E-state index contributed by atoms with van der Waals surface area (Å²) >= 11 is 0. The van der Waals surface area contributed by atoms with Gasteiger partial charge in [-0.05, 0) is 36.8 Å². The van der Waals surface area contributed by atoms with Crippen LogP contribution in [0.5, 0.6) is 23.0 Å². The number of phenols is 1. The van der Waals surface area contributed by atoms with Crippen LogP contribution in [0.4, 0.5) is 5.69 Å². The normalized spacial score (nSPS) is 10.6. The summed E-state index contributed by atoms with van der Waals surface area (Å²) in [5.41, 5.74) is 1.90. The third-order valence-corrected chi connectivity index (χ3v) is 3.57. The monoisotopic (exact) mass is 343 g/mol. The highest BCUT2D eigenvalue weighted by Crippen LogP contribution is 2.38. The average Bonchev–Trinajstić information content (AvgIpc) is 2.62. The van der Waals surface area contributed by atoms with Crippen LogP contribution in [0.2, 0.25) is 0 Å². The standard InChI is InChI=1S/C19H21NO5/c1-12-5-6-16(22)14(9-12)20-8-7-15(21)13-10-17(23-2)19(25-4)18(11-13)24-3/h5-11,20,22H,1-4H3. The molecule has 0 heterocycles. The van der Waals surface area contributed by atoms with Crippen molar-refractivity contribution < 1.29 is 24.1 Å². The van der Waals surface area contributed by atoms with Crippen molar-refractivity contribution in [3.63, 3.8) is 0 Å². The molecule has 0 aliphatic heterocycles. The molecule has 2 N–H and O–H groups in total. The number of methoxy groups -OCH3 is 3. The lowest BCUT2D eigenvalue weighted by Crippen LogP contribution is -2.01. The maximum atomic E-state index is 12.4. The summed E-state index contributed by atoms with van der Waals surface area (Å²) in [4.78, 5) is 12.4. The second-order valence-corrected chi connectivity index (χ2v) is 5.28. The number of phenolic OH excluding ortho intramolecular Hbond substituents is 1. The number of aromatic hydroxyl groups is 1. The first-order chi connectivity index (χ1) is 12.0. The van der Waals surface area contributed by atoms with E-state index in [9.17, 15) is 9.90 Å². The van der Waals surface area contributed by atoms with Gasteiger partial charge in [0, 0.05) is 17.8 Å². The number of carbonyl (C=O) groups excluding carboxylic acids is 1.